The quantitative estimate of drug-likeness (QED) is 0.681. The maximum atomic E-state index is 13.3. The topological polar surface area (TPSA) is 47.2 Å². The normalized spacial score (nSPS) is 11.4. The number of aryl methyl sites for hydroxylation is 1. The summed E-state index contributed by atoms with van der Waals surface area (Å²) in [4.78, 5) is 16.7. The van der Waals surface area contributed by atoms with Crippen LogP contribution in [-0.2, 0) is 0 Å². The Balaban J connectivity index is 2.10. The average Bonchev–Trinajstić information content (AvgIpc) is 2.50. The molecule has 4 nitrogen and oxygen atoms in total. The van der Waals surface area contributed by atoms with Crippen molar-refractivity contribution in [3.8, 4) is 0 Å². The van der Waals surface area contributed by atoms with E-state index in [-0.39, 0.29) is 5.39 Å². The molecule has 0 saturated carbocycles. The molecule has 0 spiro atoms. The predicted octanol–water partition coefficient (Wildman–Crippen LogP) is 3.38. The maximum Gasteiger partial charge on any atom is 0.282 e. The number of fused-ring (bicyclic) bond motifs is 1. The molecular formula is C16H11ClFN3O. The van der Waals surface area contributed by atoms with Gasteiger partial charge in [0, 0.05) is 5.02 Å². The molecule has 0 saturated heterocycles. The van der Waals surface area contributed by atoms with E-state index in [4.69, 9.17) is 11.6 Å². The summed E-state index contributed by atoms with van der Waals surface area (Å²) in [5, 5.41) is 4.95. The molecule has 0 atom stereocenters. The van der Waals surface area contributed by atoms with Gasteiger partial charge < -0.3 is 0 Å². The van der Waals surface area contributed by atoms with Crippen molar-refractivity contribution in [2.45, 2.75) is 6.92 Å². The first-order valence-corrected chi connectivity index (χ1v) is 6.91. The van der Waals surface area contributed by atoms with Gasteiger partial charge in [-0.25, -0.2) is 9.37 Å². The fourth-order valence-electron chi connectivity index (χ4n) is 2.07. The lowest BCUT2D eigenvalue weighted by Gasteiger charge is -2.05. The summed E-state index contributed by atoms with van der Waals surface area (Å²) in [6.45, 7) is 1.67. The second kappa shape index (κ2) is 5.69. The summed E-state index contributed by atoms with van der Waals surface area (Å²) in [5.41, 5.74) is 0.823. The third kappa shape index (κ3) is 2.76. The number of hydrogen-bond acceptors (Lipinski definition) is 3. The highest BCUT2D eigenvalue weighted by molar-refractivity contribution is 6.30. The molecule has 0 radical (unpaired) electrons. The summed E-state index contributed by atoms with van der Waals surface area (Å²) in [7, 11) is 0. The van der Waals surface area contributed by atoms with Crippen molar-refractivity contribution in [3.63, 3.8) is 0 Å². The van der Waals surface area contributed by atoms with Gasteiger partial charge in [0.15, 0.2) is 0 Å². The zero-order valence-electron chi connectivity index (χ0n) is 11.6. The Kier molecular flexibility index (Phi) is 3.73. The highest BCUT2D eigenvalue weighted by Gasteiger charge is 2.08. The molecule has 0 aliphatic heterocycles. The zero-order valence-corrected chi connectivity index (χ0v) is 12.4. The molecular weight excluding hydrogens is 305 g/mol. The van der Waals surface area contributed by atoms with E-state index < -0.39 is 11.4 Å². The van der Waals surface area contributed by atoms with Crippen molar-refractivity contribution in [2.24, 2.45) is 5.10 Å². The van der Waals surface area contributed by atoms with Crippen LogP contribution in [0.15, 0.2) is 52.4 Å². The Morgan fingerprint density at radius 1 is 1.23 bits per heavy atom. The van der Waals surface area contributed by atoms with Crippen LogP contribution in [0.1, 0.15) is 11.4 Å². The smallest absolute Gasteiger partial charge is 0.267 e. The Morgan fingerprint density at radius 2 is 1.95 bits per heavy atom. The van der Waals surface area contributed by atoms with Crippen LogP contribution in [0.5, 0.6) is 0 Å². The van der Waals surface area contributed by atoms with Crippen molar-refractivity contribution in [1.82, 2.24) is 9.66 Å². The lowest BCUT2D eigenvalue weighted by molar-refractivity contribution is 0.629. The van der Waals surface area contributed by atoms with Gasteiger partial charge in [-0.15, -0.1) is 0 Å². The Morgan fingerprint density at radius 3 is 2.68 bits per heavy atom. The number of aromatic nitrogens is 2. The van der Waals surface area contributed by atoms with E-state index in [0.717, 1.165) is 10.2 Å². The first-order chi connectivity index (χ1) is 10.5. The van der Waals surface area contributed by atoms with Gasteiger partial charge >= 0.3 is 0 Å². The van der Waals surface area contributed by atoms with Crippen molar-refractivity contribution in [3.05, 3.63) is 75.0 Å². The minimum absolute atomic E-state index is 0.193. The van der Waals surface area contributed by atoms with Crippen molar-refractivity contribution in [1.29, 1.82) is 0 Å². The van der Waals surface area contributed by atoms with Gasteiger partial charge in [-0.3, -0.25) is 4.79 Å². The van der Waals surface area contributed by atoms with E-state index in [1.807, 2.05) is 0 Å². The first kappa shape index (κ1) is 14.4. The first-order valence-electron chi connectivity index (χ1n) is 6.53. The number of benzene rings is 2. The molecule has 0 unspecified atom stereocenters. The number of rotatable bonds is 2. The summed E-state index contributed by atoms with van der Waals surface area (Å²) >= 11 is 5.81. The molecule has 1 aromatic heterocycles. The van der Waals surface area contributed by atoms with Crippen LogP contribution >= 0.6 is 11.6 Å². The van der Waals surface area contributed by atoms with E-state index in [2.05, 4.69) is 10.1 Å². The predicted molar refractivity (Wildman–Crippen MR) is 85.1 cm³/mol. The highest BCUT2D eigenvalue weighted by atomic mass is 35.5. The Labute approximate surface area is 130 Å². The van der Waals surface area contributed by atoms with E-state index in [9.17, 15) is 9.18 Å². The van der Waals surface area contributed by atoms with Crippen LogP contribution in [0.2, 0.25) is 5.02 Å². The van der Waals surface area contributed by atoms with Gasteiger partial charge in [0.25, 0.3) is 5.56 Å². The third-order valence-electron chi connectivity index (χ3n) is 3.16. The second-order valence-electron chi connectivity index (χ2n) is 4.73. The van der Waals surface area contributed by atoms with Gasteiger partial charge in [-0.1, -0.05) is 23.7 Å². The van der Waals surface area contributed by atoms with Gasteiger partial charge in [-0.2, -0.15) is 9.78 Å². The molecule has 110 valence electrons. The molecule has 0 fully saturated rings. The van der Waals surface area contributed by atoms with Crippen LogP contribution < -0.4 is 5.56 Å². The van der Waals surface area contributed by atoms with Gasteiger partial charge in [-0.05, 0) is 42.8 Å². The summed E-state index contributed by atoms with van der Waals surface area (Å²) in [6.07, 6.45) is 1.53. The zero-order chi connectivity index (χ0) is 15.7. The standard InChI is InChI=1S/C16H11ClFN3O/c1-10-20-15-7-6-13(18)8-14(15)16(22)21(10)19-9-11-2-4-12(17)5-3-11/h2-9H,1H3. The van der Waals surface area contributed by atoms with Crippen LogP contribution in [-0.4, -0.2) is 15.9 Å². The van der Waals surface area contributed by atoms with Gasteiger partial charge in [0.05, 0.1) is 17.1 Å². The summed E-state index contributed by atoms with van der Waals surface area (Å²) in [6, 6.07) is 10.9. The van der Waals surface area contributed by atoms with E-state index in [0.29, 0.717) is 16.4 Å². The fraction of sp³-hybridized carbons (Fsp3) is 0.0625. The summed E-state index contributed by atoms with van der Waals surface area (Å²) < 4.78 is 14.5. The average molecular weight is 316 g/mol. The Bertz CT molecular complexity index is 933. The molecule has 0 aliphatic carbocycles. The molecule has 3 rings (SSSR count). The minimum atomic E-state index is -0.483. The van der Waals surface area contributed by atoms with Crippen LogP contribution in [0, 0.1) is 12.7 Å². The molecule has 1 heterocycles. The second-order valence-corrected chi connectivity index (χ2v) is 5.17. The van der Waals surface area contributed by atoms with Gasteiger partial charge in [0.2, 0.25) is 0 Å². The number of hydrogen-bond donors (Lipinski definition) is 0. The molecule has 0 bridgehead atoms. The monoisotopic (exact) mass is 315 g/mol. The highest BCUT2D eigenvalue weighted by Crippen LogP contribution is 2.11. The van der Waals surface area contributed by atoms with Crippen molar-refractivity contribution in [2.75, 3.05) is 0 Å². The van der Waals surface area contributed by atoms with Crippen molar-refractivity contribution >= 4 is 28.7 Å². The molecule has 0 N–H and O–H groups in total. The van der Waals surface area contributed by atoms with E-state index in [1.165, 1.54) is 24.4 Å². The molecule has 2 aromatic carbocycles. The Hall–Kier alpha value is -2.53. The largest absolute Gasteiger partial charge is 0.282 e. The molecule has 0 amide bonds. The lowest BCUT2D eigenvalue weighted by Crippen LogP contribution is -2.20. The summed E-state index contributed by atoms with van der Waals surface area (Å²) in [5.74, 6) is -0.0576. The van der Waals surface area contributed by atoms with E-state index >= 15 is 0 Å². The number of nitrogens with zero attached hydrogens (tertiary/aromatic N) is 3. The van der Waals surface area contributed by atoms with Gasteiger partial charge in [0.1, 0.15) is 11.6 Å². The minimum Gasteiger partial charge on any atom is -0.267 e. The lowest BCUT2D eigenvalue weighted by atomic mass is 10.2. The maximum absolute atomic E-state index is 13.3. The van der Waals surface area contributed by atoms with E-state index in [1.54, 1.807) is 31.2 Å². The molecule has 0 aliphatic rings. The SMILES string of the molecule is Cc1nc2ccc(F)cc2c(=O)n1N=Cc1ccc(Cl)cc1. The van der Waals surface area contributed by atoms with Crippen molar-refractivity contribution < 1.29 is 4.39 Å². The van der Waals surface area contributed by atoms with Crippen LogP contribution in [0.3, 0.4) is 0 Å². The van der Waals surface area contributed by atoms with Crippen LogP contribution in [0.25, 0.3) is 10.9 Å². The molecule has 3 aromatic rings. The third-order valence-corrected chi connectivity index (χ3v) is 3.41. The van der Waals surface area contributed by atoms with Crippen LogP contribution in [0.4, 0.5) is 4.39 Å². The number of halogens is 2. The molecule has 6 heteroatoms. The molecule has 22 heavy (non-hydrogen) atoms. The fourth-order valence-corrected chi connectivity index (χ4v) is 2.20.